The number of nitrogens with zero attached hydrogens (tertiary/aromatic N) is 2. The van der Waals surface area contributed by atoms with Crippen LogP contribution in [-0.2, 0) is 6.42 Å². The van der Waals surface area contributed by atoms with E-state index in [4.69, 9.17) is 5.11 Å². The molecule has 0 aliphatic rings. The van der Waals surface area contributed by atoms with Crippen molar-refractivity contribution in [2.75, 3.05) is 0 Å². The number of carboxylic acid groups (broad SMARTS) is 1. The molecule has 0 aliphatic carbocycles. The fourth-order valence-corrected chi connectivity index (χ4v) is 1.63. The first kappa shape index (κ1) is 11.3. The van der Waals surface area contributed by atoms with Crippen LogP contribution in [0.25, 0.3) is 0 Å². The van der Waals surface area contributed by atoms with Gasteiger partial charge in [0.1, 0.15) is 5.82 Å². The lowest BCUT2D eigenvalue weighted by atomic mass is 10.1. The Morgan fingerprint density at radius 2 is 1.94 bits per heavy atom. The largest absolute Gasteiger partial charge is 0.477 e. The third-order valence-corrected chi connectivity index (χ3v) is 2.34. The SMILES string of the molecule is Cc1nc(Cc2ccccc2)cc(C(=O)O)n1. The van der Waals surface area contributed by atoms with Crippen LogP contribution in [0.1, 0.15) is 27.6 Å². The quantitative estimate of drug-likeness (QED) is 0.873. The maximum atomic E-state index is 10.9. The molecule has 0 amide bonds. The molecule has 0 atom stereocenters. The van der Waals surface area contributed by atoms with Gasteiger partial charge in [-0.05, 0) is 18.6 Å². The molecule has 1 heterocycles. The Morgan fingerprint density at radius 1 is 1.24 bits per heavy atom. The zero-order chi connectivity index (χ0) is 12.3. The van der Waals surface area contributed by atoms with Crippen LogP contribution in [0.3, 0.4) is 0 Å². The van der Waals surface area contributed by atoms with Gasteiger partial charge in [0.05, 0.1) is 0 Å². The molecule has 1 aromatic heterocycles. The van der Waals surface area contributed by atoms with Crippen molar-refractivity contribution in [3.63, 3.8) is 0 Å². The summed E-state index contributed by atoms with van der Waals surface area (Å²) in [5, 5.41) is 8.91. The fourth-order valence-electron chi connectivity index (χ4n) is 1.63. The molecule has 0 aliphatic heterocycles. The Hall–Kier alpha value is -2.23. The molecule has 0 saturated heterocycles. The standard InChI is InChI=1S/C13H12N2O2/c1-9-14-11(8-12(15-9)13(16)17)7-10-5-3-2-4-6-10/h2-6,8H,7H2,1H3,(H,16,17). The minimum Gasteiger partial charge on any atom is -0.477 e. The van der Waals surface area contributed by atoms with Gasteiger partial charge < -0.3 is 5.11 Å². The Morgan fingerprint density at radius 3 is 2.59 bits per heavy atom. The van der Waals surface area contributed by atoms with Gasteiger partial charge in [0.15, 0.2) is 5.69 Å². The maximum Gasteiger partial charge on any atom is 0.354 e. The zero-order valence-electron chi connectivity index (χ0n) is 9.42. The summed E-state index contributed by atoms with van der Waals surface area (Å²) in [5.74, 6) is -0.541. The molecule has 0 bridgehead atoms. The van der Waals surface area contributed by atoms with Gasteiger partial charge in [-0.2, -0.15) is 0 Å². The first-order valence-corrected chi connectivity index (χ1v) is 5.27. The topological polar surface area (TPSA) is 63.1 Å². The van der Waals surface area contributed by atoms with E-state index in [0.717, 1.165) is 11.3 Å². The lowest BCUT2D eigenvalue weighted by molar-refractivity contribution is 0.0689. The van der Waals surface area contributed by atoms with Gasteiger partial charge >= 0.3 is 5.97 Å². The number of aromatic nitrogens is 2. The molecular formula is C13H12N2O2. The van der Waals surface area contributed by atoms with Crippen molar-refractivity contribution in [1.29, 1.82) is 0 Å². The molecule has 0 radical (unpaired) electrons. The van der Waals surface area contributed by atoms with Gasteiger partial charge in [0.25, 0.3) is 0 Å². The third kappa shape index (κ3) is 2.87. The predicted octanol–water partition coefficient (Wildman–Crippen LogP) is 2.07. The highest BCUT2D eigenvalue weighted by atomic mass is 16.4. The van der Waals surface area contributed by atoms with Gasteiger partial charge in [0.2, 0.25) is 0 Å². The molecule has 0 saturated carbocycles. The van der Waals surface area contributed by atoms with Crippen LogP contribution < -0.4 is 0 Å². The molecule has 4 heteroatoms. The fraction of sp³-hybridized carbons (Fsp3) is 0.154. The molecule has 4 nitrogen and oxygen atoms in total. The number of carboxylic acids is 1. The Bertz CT molecular complexity index is 538. The molecule has 2 aromatic rings. The van der Waals surface area contributed by atoms with Crippen LogP contribution in [0.2, 0.25) is 0 Å². The Balaban J connectivity index is 2.30. The van der Waals surface area contributed by atoms with E-state index in [1.54, 1.807) is 6.92 Å². The van der Waals surface area contributed by atoms with Crippen LogP contribution in [0.5, 0.6) is 0 Å². The molecule has 1 N–H and O–H groups in total. The van der Waals surface area contributed by atoms with E-state index in [-0.39, 0.29) is 5.69 Å². The summed E-state index contributed by atoms with van der Waals surface area (Å²) in [7, 11) is 0. The number of rotatable bonds is 3. The highest BCUT2D eigenvalue weighted by molar-refractivity contribution is 5.85. The van der Waals surface area contributed by atoms with E-state index < -0.39 is 5.97 Å². The van der Waals surface area contributed by atoms with E-state index in [0.29, 0.717) is 12.2 Å². The number of aryl methyl sites for hydroxylation is 1. The molecule has 86 valence electrons. The lowest BCUT2D eigenvalue weighted by Gasteiger charge is -2.03. The van der Waals surface area contributed by atoms with E-state index >= 15 is 0 Å². The van der Waals surface area contributed by atoms with Gasteiger partial charge in [-0.3, -0.25) is 0 Å². The van der Waals surface area contributed by atoms with Crippen molar-refractivity contribution < 1.29 is 9.90 Å². The second-order valence-corrected chi connectivity index (χ2v) is 3.76. The second-order valence-electron chi connectivity index (χ2n) is 3.76. The number of benzene rings is 1. The van der Waals surface area contributed by atoms with E-state index in [2.05, 4.69) is 9.97 Å². The highest BCUT2D eigenvalue weighted by Crippen LogP contribution is 2.08. The van der Waals surface area contributed by atoms with Crippen molar-refractivity contribution in [2.24, 2.45) is 0 Å². The molecule has 17 heavy (non-hydrogen) atoms. The highest BCUT2D eigenvalue weighted by Gasteiger charge is 2.08. The van der Waals surface area contributed by atoms with Crippen LogP contribution >= 0.6 is 0 Å². The molecule has 0 fully saturated rings. The summed E-state index contributed by atoms with van der Waals surface area (Å²) in [4.78, 5) is 19.0. The van der Waals surface area contributed by atoms with Gasteiger partial charge in [-0.15, -0.1) is 0 Å². The van der Waals surface area contributed by atoms with Gasteiger partial charge in [0, 0.05) is 12.1 Å². The minimum atomic E-state index is -1.02. The molecule has 0 spiro atoms. The van der Waals surface area contributed by atoms with Gasteiger partial charge in [-0.25, -0.2) is 14.8 Å². The first-order valence-electron chi connectivity index (χ1n) is 5.27. The van der Waals surface area contributed by atoms with E-state index in [9.17, 15) is 4.79 Å². The average molecular weight is 228 g/mol. The summed E-state index contributed by atoms with van der Waals surface area (Å²) in [6, 6.07) is 11.3. The van der Waals surface area contributed by atoms with Crippen LogP contribution in [0.15, 0.2) is 36.4 Å². The molecule has 1 aromatic carbocycles. The summed E-state index contributed by atoms with van der Waals surface area (Å²) in [6.07, 6.45) is 0.616. The maximum absolute atomic E-state index is 10.9. The van der Waals surface area contributed by atoms with E-state index in [1.165, 1.54) is 6.07 Å². The Labute approximate surface area is 99.0 Å². The summed E-state index contributed by atoms with van der Waals surface area (Å²) in [5.41, 5.74) is 1.87. The first-order chi connectivity index (χ1) is 8.15. The molecular weight excluding hydrogens is 216 g/mol. The zero-order valence-corrected chi connectivity index (χ0v) is 9.42. The van der Waals surface area contributed by atoms with Crippen molar-refractivity contribution in [2.45, 2.75) is 13.3 Å². The number of carbonyl (C=O) groups is 1. The monoisotopic (exact) mass is 228 g/mol. The van der Waals surface area contributed by atoms with Crippen molar-refractivity contribution in [1.82, 2.24) is 9.97 Å². The summed E-state index contributed by atoms with van der Waals surface area (Å²) >= 11 is 0. The Kier molecular flexibility index (Phi) is 3.14. The van der Waals surface area contributed by atoms with Crippen LogP contribution in [0, 0.1) is 6.92 Å². The smallest absolute Gasteiger partial charge is 0.354 e. The van der Waals surface area contributed by atoms with Crippen molar-refractivity contribution >= 4 is 5.97 Å². The number of hydrogen-bond donors (Lipinski definition) is 1. The predicted molar refractivity (Wildman–Crippen MR) is 63.0 cm³/mol. The number of aromatic carboxylic acids is 1. The van der Waals surface area contributed by atoms with Gasteiger partial charge in [-0.1, -0.05) is 30.3 Å². The van der Waals surface area contributed by atoms with Crippen molar-refractivity contribution in [3.8, 4) is 0 Å². The lowest BCUT2D eigenvalue weighted by Crippen LogP contribution is -2.06. The minimum absolute atomic E-state index is 0.0448. The summed E-state index contributed by atoms with van der Waals surface area (Å²) < 4.78 is 0. The van der Waals surface area contributed by atoms with Crippen molar-refractivity contribution in [3.05, 3.63) is 59.2 Å². The molecule has 2 rings (SSSR count). The second kappa shape index (κ2) is 4.74. The number of hydrogen-bond acceptors (Lipinski definition) is 3. The third-order valence-electron chi connectivity index (χ3n) is 2.34. The van der Waals surface area contributed by atoms with E-state index in [1.807, 2.05) is 30.3 Å². The normalized spacial score (nSPS) is 10.2. The van der Waals surface area contributed by atoms with Crippen LogP contribution in [0.4, 0.5) is 0 Å². The molecule has 0 unspecified atom stereocenters. The average Bonchev–Trinajstić information content (AvgIpc) is 2.29. The summed E-state index contributed by atoms with van der Waals surface area (Å²) in [6.45, 7) is 1.70. The van der Waals surface area contributed by atoms with Crippen LogP contribution in [-0.4, -0.2) is 21.0 Å².